The van der Waals surface area contributed by atoms with Crippen molar-refractivity contribution < 1.29 is 19.4 Å². The van der Waals surface area contributed by atoms with Crippen molar-refractivity contribution in [3.63, 3.8) is 0 Å². The molecule has 0 saturated carbocycles. The molecule has 6 aromatic rings. The van der Waals surface area contributed by atoms with Gasteiger partial charge in [0.05, 0.1) is 37.9 Å². The van der Waals surface area contributed by atoms with E-state index in [4.69, 9.17) is 24.7 Å². The Bertz CT molecular complexity index is 3100. The van der Waals surface area contributed by atoms with E-state index in [0.717, 1.165) is 73.7 Å². The van der Waals surface area contributed by atoms with E-state index >= 15 is 0 Å². The highest BCUT2D eigenvalue weighted by Crippen LogP contribution is 2.29. The van der Waals surface area contributed by atoms with Gasteiger partial charge in [-0.3, -0.25) is 4.90 Å². The van der Waals surface area contributed by atoms with Crippen LogP contribution in [0, 0.1) is 0 Å². The molecule has 18 nitrogen and oxygen atoms in total. The van der Waals surface area contributed by atoms with Gasteiger partial charge in [-0.15, -0.1) is 0 Å². The molecule has 0 aliphatic heterocycles. The number of imidazole rings is 2. The summed E-state index contributed by atoms with van der Waals surface area (Å²) in [6, 6.07) is 19.9. The van der Waals surface area contributed by atoms with Crippen LogP contribution in [0.1, 0.15) is 246 Å². The summed E-state index contributed by atoms with van der Waals surface area (Å²) in [7, 11) is 0. The van der Waals surface area contributed by atoms with Crippen LogP contribution in [0.5, 0.6) is 0 Å². The highest BCUT2D eigenvalue weighted by atomic mass is 16.5. The molecule has 0 radical (unpaired) electrons. The third-order valence-electron chi connectivity index (χ3n) is 16.5. The van der Waals surface area contributed by atoms with Crippen LogP contribution in [-0.2, 0) is 17.8 Å². The van der Waals surface area contributed by atoms with Crippen LogP contribution in [0.25, 0.3) is 22.3 Å². The summed E-state index contributed by atoms with van der Waals surface area (Å²) in [5.74, 6) is 1.96. The van der Waals surface area contributed by atoms with Gasteiger partial charge < -0.3 is 45.6 Å². The fraction of sp³-hybridized carbons (Fsp3) is 0.579. The molecular formula is C76H118N14O4. The molecule has 6 rings (SSSR count). The Morgan fingerprint density at radius 1 is 0.532 bits per heavy atom. The standard InChI is InChI=1S/2C38H59N7O2/c1-5-7-8-9-10-11-12-13-14-15-16-17-18-19-20-24-27-39-38(47)44(28-32-25-22-21-23-26-32)35-34-36(45(30-40-34)31(3)4)43-37(42-35)41-33(6-2)29-46;1-5-7-8-9-10-11-12-13-14-15-16-17-18-19-20-24-27-39-38(46)47-29-33(6-2)42-37-43-35(40-28-32-25-22-21-23-26-32)34-36(44-37)45(30-41-34)31(3)4/h10-11,13-14,21-23,25-26,30-31,33,46H,5-9,12,15-20,24,27-29H2,1-4H3,(H,39,47)(H,41,42,43);10-11,13-14,21-23,25-26,30-31,33H,5-9,12,15-20,24,27-29H2,1-4H3,(H,39,46)(H2,40,42,43,44)/b2*11-10-,14-13-/t2*33-/m11/s1. The molecule has 2 aromatic carbocycles. The number of hydrogen-bond acceptors (Lipinski definition) is 13. The number of aromatic nitrogens is 8. The maximum absolute atomic E-state index is 13.8. The number of fused-ring (bicyclic) bond motifs is 2. The number of rotatable bonds is 47. The van der Waals surface area contributed by atoms with Crippen molar-refractivity contribution in [2.24, 2.45) is 0 Å². The van der Waals surface area contributed by atoms with E-state index in [2.05, 4.69) is 146 Å². The fourth-order valence-corrected chi connectivity index (χ4v) is 10.6. The predicted molar refractivity (Wildman–Crippen MR) is 392 cm³/mol. The predicted octanol–water partition coefficient (Wildman–Crippen LogP) is 18.9. The summed E-state index contributed by atoms with van der Waals surface area (Å²) in [5.41, 5.74) is 4.85. The molecule has 4 heterocycles. The number of nitrogens with zero attached hydrogens (tertiary/aromatic N) is 9. The van der Waals surface area contributed by atoms with E-state index in [1.54, 1.807) is 17.6 Å². The van der Waals surface area contributed by atoms with Crippen molar-refractivity contribution in [1.29, 1.82) is 0 Å². The molecule has 6 N–H and O–H groups in total. The van der Waals surface area contributed by atoms with Gasteiger partial charge in [0.2, 0.25) is 11.9 Å². The molecule has 4 aromatic heterocycles. The molecule has 0 saturated heterocycles. The molecule has 0 unspecified atom stereocenters. The van der Waals surface area contributed by atoms with E-state index < -0.39 is 0 Å². The summed E-state index contributed by atoms with van der Waals surface area (Å²) in [5, 5.41) is 25.9. The molecule has 0 bridgehead atoms. The lowest BCUT2D eigenvalue weighted by atomic mass is 10.1. The molecule has 18 heteroatoms. The summed E-state index contributed by atoms with van der Waals surface area (Å²) in [6.07, 6.45) is 51.7. The van der Waals surface area contributed by atoms with E-state index in [1.807, 2.05) is 64.6 Å². The number of alkyl carbamates (subject to hydrolysis) is 1. The largest absolute Gasteiger partial charge is 0.447 e. The van der Waals surface area contributed by atoms with Crippen LogP contribution in [0.3, 0.4) is 0 Å². The van der Waals surface area contributed by atoms with Gasteiger partial charge >= 0.3 is 12.1 Å². The van der Waals surface area contributed by atoms with E-state index in [-0.39, 0.29) is 49.5 Å². The lowest BCUT2D eigenvalue weighted by Gasteiger charge is -2.24. The summed E-state index contributed by atoms with van der Waals surface area (Å²) in [6.45, 7) is 19.3. The zero-order valence-corrected chi connectivity index (χ0v) is 58.7. The number of amides is 3. The van der Waals surface area contributed by atoms with Crippen LogP contribution in [-0.4, -0.2) is 94.7 Å². The lowest BCUT2D eigenvalue weighted by molar-refractivity contribution is 0.140. The number of nitrogens with one attached hydrogen (secondary N) is 5. The molecule has 2 atom stereocenters. The first kappa shape index (κ1) is 77.1. The monoisotopic (exact) mass is 1290 g/mol. The molecule has 0 fully saturated rings. The van der Waals surface area contributed by atoms with Gasteiger partial charge in [-0.2, -0.15) is 19.9 Å². The number of carbonyl (C=O) groups is 2. The second-order valence-electron chi connectivity index (χ2n) is 25.1. The van der Waals surface area contributed by atoms with Crippen molar-refractivity contribution in [1.82, 2.24) is 49.7 Å². The number of hydrogen-bond donors (Lipinski definition) is 6. The topological polar surface area (TPSA) is 214 Å². The Balaban J connectivity index is 0.000000341. The van der Waals surface area contributed by atoms with Gasteiger partial charge in [-0.05, 0) is 129 Å². The average Bonchev–Trinajstić information content (AvgIpc) is 1.60. The minimum absolute atomic E-state index is 0.0426. The second kappa shape index (κ2) is 47.3. The minimum Gasteiger partial charge on any atom is -0.447 e. The van der Waals surface area contributed by atoms with Crippen LogP contribution < -0.4 is 31.5 Å². The Morgan fingerprint density at radius 3 is 1.50 bits per heavy atom. The highest BCUT2D eigenvalue weighted by Gasteiger charge is 2.26. The van der Waals surface area contributed by atoms with Crippen molar-refractivity contribution in [3.05, 3.63) is 133 Å². The molecule has 94 heavy (non-hydrogen) atoms. The smallest absolute Gasteiger partial charge is 0.407 e. The zero-order valence-electron chi connectivity index (χ0n) is 58.7. The van der Waals surface area contributed by atoms with Crippen LogP contribution in [0.2, 0.25) is 0 Å². The SMILES string of the molecule is CCCCC/C=C\C/C=C\CCCCCCCCNC(=O)N(Cc1ccccc1)c1nc(N[C@H](CC)CO)nc2c1ncn2C(C)C.CCCCC/C=C\C/C=C\CCCCCCCCNC(=O)OC[C@@H](CC)Nc1nc(NCc2ccccc2)c2ncn(C(C)C)c2n1. The molecular weight excluding hydrogens is 1170 g/mol. The Kier molecular flexibility index (Phi) is 38.8. The number of allylic oxidation sites excluding steroid dienone is 8. The maximum atomic E-state index is 13.8. The molecule has 0 aliphatic rings. The average molecular weight is 1290 g/mol. The second-order valence-corrected chi connectivity index (χ2v) is 25.1. The van der Waals surface area contributed by atoms with Gasteiger partial charge in [-0.1, -0.05) is 214 Å². The van der Waals surface area contributed by atoms with Gasteiger partial charge in [0.15, 0.2) is 34.0 Å². The first-order valence-corrected chi connectivity index (χ1v) is 36.0. The Hall–Kier alpha value is -7.60. The minimum atomic E-state index is -0.382. The van der Waals surface area contributed by atoms with Gasteiger partial charge in [-0.25, -0.2) is 19.6 Å². The normalized spacial score (nSPS) is 12.4. The van der Waals surface area contributed by atoms with Crippen LogP contribution >= 0.6 is 0 Å². The van der Waals surface area contributed by atoms with E-state index in [0.29, 0.717) is 67.3 Å². The van der Waals surface area contributed by atoms with Crippen molar-refractivity contribution >= 4 is 58.0 Å². The fourth-order valence-electron chi connectivity index (χ4n) is 10.6. The zero-order chi connectivity index (χ0) is 67.2. The molecule has 0 aliphatic carbocycles. The third-order valence-corrected chi connectivity index (χ3v) is 16.5. The van der Waals surface area contributed by atoms with Crippen molar-refractivity contribution in [3.8, 4) is 0 Å². The molecule has 516 valence electrons. The quantitative estimate of drug-likeness (QED) is 0.0155. The first-order valence-electron chi connectivity index (χ1n) is 36.0. The van der Waals surface area contributed by atoms with Gasteiger partial charge in [0.25, 0.3) is 0 Å². The summed E-state index contributed by atoms with van der Waals surface area (Å²) < 4.78 is 9.57. The highest BCUT2D eigenvalue weighted by molar-refractivity contribution is 5.98. The third kappa shape index (κ3) is 29.8. The number of urea groups is 1. The number of ether oxygens (including phenoxy) is 1. The number of unbranched alkanes of at least 4 members (excludes halogenated alkanes) is 18. The Morgan fingerprint density at radius 2 is 0.989 bits per heavy atom. The lowest BCUT2D eigenvalue weighted by Crippen LogP contribution is -2.41. The number of aliphatic hydroxyl groups excluding tert-OH is 1. The Labute approximate surface area is 564 Å². The van der Waals surface area contributed by atoms with E-state index in [9.17, 15) is 14.7 Å². The number of anilines is 4. The van der Waals surface area contributed by atoms with Gasteiger partial charge in [0, 0.05) is 31.7 Å². The summed E-state index contributed by atoms with van der Waals surface area (Å²) in [4.78, 5) is 56.2. The number of benzene rings is 2. The van der Waals surface area contributed by atoms with Crippen LogP contribution in [0.15, 0.2) is 122 Å². The van der Waals surface area contributed by atoms with Crippen LogP contribution in [0.4, 0.5) is 33.1 Å². The van der Waals surface area contributed by atoms with Gasteiger partial charge in [0.1, 0.15) is 6.61 Å². The maximum Gasteiger partial charge on any atom is 0.407 e. The summed E-state index contributed by atoms with van der Waals surface area (Å²) >= 11 is 0. The van der Waals surface area contributed by atoms with Crippen molar-refractivity contribution in [2.45, 2.75) is 260 Å². The van der Waals surface area contributed by atoms with Crippen molar-refractivity contribution in [2.75, 3.05) is 47.2 Å². The number of carbonyl (C=O) groups excluding carboxylic acids is 2. The number of aliphatic hydroxyl groups is 1. The first-order chi connectivity index (χ1) is 46.0. The van der Waals surface area contributed by atoms with E-state index in [1.165, 1.54) is 109 Å². The molecule has 3 amide bonds. The molecule has 0 spiro atoms.